The SMILES string of the molecule is COc1ccc(C(=O)[C@@H]2[C@@H](C(=O)c3ccc(F)cc3)[C@]3(C(=O)Nc4ccccc43)[C@H]3C=C(C)c4ccccc4N23)cc1. The third-order valence-electron chi connectivity index (χ3n) is 8.94. The maximum atomic E-state index is 14.7. The molecule has 0 bridgehead atoms. The molecule has 7 rings (SSSR count). The number of ether oxygens (including phenoxy) is 1. The summed E-state index contributed by atoms with van der Waals surface area (Å²) in [6.45, 7) is 1.98. The van der Waals surface area contributed by atoms with Gasteiger partial charge in [-0.2, -0.15) is 0 Å². The van der Waals surface area contributed by atoms with Gasteiger partial charge in [-0.15, -0.1) is 0 Å². The Bertz CT molecular complexity index is 1800. The molecule has 0 radical (unpaired) electrons. The third-order valence-corrected chi connectivity index (χ3v) is 8.94. The molecule has 3 heterocycles. The molecule has 42 heavy (non-hydrogen) atoms. The van der Waals surface area contributed by atoms with Crippen molar-refractivity contribution in [3.8, 4) is 5.75 Å². The van der Waals surface area contributed by atoms with Crippen LogP contribution in [0.1, 0.15) is 38.8 Å². The number of amides is 1. The second-order valence-corrected chi connectivity index (χ2v) is 11.0. The predicted molar refractivity (Wildman–Crippen MR) is 158 cm³/mol. The Hall–Kier alpha value is -5.04. The Balaban J connectivity index is 1.53. The molecule has 4 aromatic carbocycles. The van der Waals surface area contributed by atoms with Crippen LogP contribution >= 0.6 is 0 Å². The standard InChI is InChI=1S/C35H27FN2O4/c1-20-19-29-35(26-8-4-5-9-27(26)37-34(35)41)30(32(39)21-11-15-23(36)16-12-21)31(38(29)28-10-6-3-7-25(20)28)33(40)22-13-17-24(42-2)18-14-22/h3-19,29-31H,1-2H3,(H,37,41)/t29-,30+,31+,35-/m1/s1. The van der Waals surface area contributed by atoms with Crippen LogP contribution in [0.4, 0.5) is 15.8 Å². The van der Waals surface area contributed by atoms with Gasteiger partial charge in [0.05, 0.1) is 19.1 Å². The highest BCUT2D eigenvalue weighted by Crippen LogP contribution is 2.58. The number of methoxy groups -OCH3 is 1. The van der Waals surface area contributed by atoms with Crippen LogP contribution in [0.15, 0.2) is 103 Å². The van der Waals surface area contributed by atoms with Crippen molar-refractivity contribution in [1.82, 2.24) is 0 Å². The first-order valence-corrected chi connectivity index (χ1v) is 13.8. The smallest absolute Gasteiger partial charge is 0.238 e. The van der Waals surface area contributed by atoms with Gasteiger partial charge in [-0.25, -0.2) is 4.39 Å². The Morgan fingerprint density at radius 3 is 2.24 bits per heavy atom. The van der Waals surface area contributed by atoms with E-state index in [9.17, 15) is 18.8 Å². The number of halogens is 1. The Morgan fingerprint density at radius 2 is 1.50 bits per heavy atom. The Labute approximate surface area is 242 Å². The summed E-state index contributed by atoms with van der Waals surface area (Å²) >= 11 is 0. The predicted octanol–water partition coefficient (Wildman–Crippen LogP) is 6.08. The highest BCUT2D eigenvalue weighted by atomic mass is 19.1. The molecule has 1 N–H and O–H groups in total. The van der Waals surface area contributed by atoms with E-state index >= 15 is 0 Å². The van der Waals surface area contributed by atoms with Crippen molar-refractivity contribution in [2.75, 3.05) is 17.3 Å². The van der Waals surface area contributed by atoms with Gasteiger partial charge in [0.1, 0.15) is 23.0 Å². The molecule has 0 saturated carbocycles. The van der Waals surface area contributed by atoms with Crippen molar-refractivity contribution in [2.24, 2.45) is 5.92 Å². The number of nitrogens with one attached hydrogen (secondary N) is 1. The average Bonchev–Trinajstić information content (AvgIpc) is 3.49. The van der Waals surface area contributed by atoms with Gasteiger partial charge < -0.3 is 15.0 Å². The van der Waals surface area contributed by atoms with Gasteiger partial charge in [0, 0.05) is 28.1 Å². The fourth-order valence-electron chi connectivity index (χ4n) is 7.11. The lowest BCUT2D eigenvalue weighted by atomic mass is 9.64. The van der Waals surface area contributed by atoms with Crippen molar-refractivity contribution in [3.63, 3.8) is 0 Å². The lowest BCUT2D eigenvalue weighted by molar-refractivity contribution is -0.121. The number of Topliss-reactive ketones (excluding diaryl/α,β-unsaturated/α-hetero) is 2. The quantitative estimate of drug-likeness (QED) is 0.301. The van der Waals surface area contributed by atoms with Gasteiger partial charge in [0.25, 0.3) is 0 Å². The number of rotatable bonds is 5. The van der Waals surface area contributed by atoms with Gasteiger partial charge in [-0.1, -0.05) is 42.5 Å². The normalized spacial score (nSPS) is 23.5. The summed E-state index contributed by atoms with van der Waals surface area (Å²) in [5.74, 6) is -2.04. The topological polar surface area (TPSA) is 75.7 Å². The molecule has 0 aromatic heterocycles. The maximum absolute atomic E-state index is 14.7. The second-order valence-electron chi connectivity index (χ2n) is 11.0. The molecule has 0 aliphatic carbocycles. The Morgan fingerprint density at radius 1 is 0.857 bits per heavy atom. The van der Waals surface area contributed by atoms with Crippen molar-refractivity contribution in [1.29, 1.82) is 0 Å². The molecule has 208 valence electrons. The summed E-state index contributed by atoms with van der Waals surface area (Å²) in [6, 6.07) is 25.5. The molecule has 0 unspecified atom stereocenters. The number of ketones is 2. The average molecular weight is 559 g/mol. The summed E-state index contributed by atoms with van der Waals surface area (Å²) in [5, 5.41) is 3.03. The van der Waals surface area contributed by atoms with Crippen LogP contribution < -0.4 is 15.0 Å². The first kappa shape index (κ1) is 25.9. The zero-order valence-corrected chi connectivity index (χ0v) is 23.0. The number of carbonyl (C=O) groups excluding carboxylic acids is 3. The fourth-order valence-corrected chi connectivity index (χ4v) is 7.11. The number of hydrogen-bond donors (Lipinski definition) is 1. The van der Waals surface area contributed by atoms with E-state index in [4.69, 9.17) is 4.74 Å². The first-order valence-electron chi connectivity index (χ1n) is 13.8. The molecule has 1 fully saturated rings. The van der Waals surface area contributed by atoms with E-state index in [1.807, 2.05) is 66.4 Å². The molecule has 4 aromatic rings. The minimum atomic E-state index is -1.43. The number of nitrogens with zero attached hydrogens (tertiary/aromatic N) is 1. The lowest BCUT2D eigenvalue weighted by Crippen LogP contribution is -2.51. The van der Waals surface area contributed by atoms with E-state index < -0.39 is 35.0 Å². The number of benzene rings is 4. The van der Waals surface area contributed by atoms with E-state index in [-0.39, 0.29) is 17.3 Å². The summed E-state index contributed by atoms with van der Waals surface area (Å²) in [4.78, 5) is 45.8. The van der Waals surface area contributed by atoms with Crippen LogP contribution in [0.5, 0.6) is 5.75 Å². The molecule has 7 heteroatoms. The summed E-state index contributed by atoms with van der Waals surface area (Å²) < 4.78 is 19.3. The van der Waals surface area contributed by atoms with Crippen molar-refractivity contribution >= 4 is 34.4 Å². The summed E-state index contributed by atoms with van der Waals surface area (Å²) in [6.07, 6.45) is 2.01. The highest BCUT2D eigenvalue weighted by molar-refractivity contribution is 6.18. The molecule has 1 amide bonds. The zero-order chi connectivity index (χ0) is 29.2. The number of para-hydroxylation sites is 2. The molecule has 3 aliphatic heterocycles. The van der Waals surface area contributed by atoms with Crippen molar-refractivity contribution in [3.05, 3.63) is 131 Å². The van der Waals surface area contributed by atoms with Gasteiger partial charge in [0.15, 0.2) is 11.6 Å². The minimum Gasteiger partial charge on any atom is -0.497 e. The molecule has 1 spiro atoms. The van der Waals surface area contributed by atoms with Gasteiger partial charge in [0.2, 0.25) is 5.91 Å². The number of hydrogen-bond acceptors (Lipinski definition) is 5. The van der Waals surface area contributed by atoms with Crippen LogP contribution in [0.3, 0.4) is 0 Å². The molecule has 4 atom stereocenters. The van der Waals surface area contributed by atoms with Crippen LogP contribution in [0.25, 0.3) is 5.57 Å². The van der Waals surface area contributed by atoms with Gasteiger partial charge >= 0.3 is 0 Å². The number of carbonyl (C=O) groups is 3. The van der Waals surface area contributed by atoms with Gasteiger partial charge in [-0.05, 0) is 78.7 Å². The summed E-state index contributed by atoms with van der Waals surface area (Å²) in [7, 11) is 1.55. The second kappa shape index (κ2) is 9.52. The number of fused-ring (bicyclic) bond motifs is 6. The third kappa shape index (κ3) is 3.52. The molecular formula is C35H27FN2O4. The monoisotopic (exact) mass is 558 g/mol. The van der Waals surface area contributed by atoms with Crippen molar-refractivity contribution in [2.45, 2.75) is 24.4 Å². The van der Waals surface area contributed by atoms with Gasteiger partial charge in [-0.3, -0.25) is 14.4 Å². The number of allylic oxidation sites excluding steroid dienone is 1. The molecule has 1 saturated heterocycles. The first-order chi connectivity index (χ1) is 20.4. The van der Waals surface area contributed by atoms with Crippen LogP contribution in [0, 0.1) is 11.7 Å². The highest BCUT2D eigenvalue weighted by Gasteiger charge is 2.70. The molecular weight excluding hydrogens is 531 g/mol. The van der Waals surface area contributed by atoms with E-state index in [2.05, 4.69) is 5.32 Å². The van der Waals surface area contributed by atoms with Crippen LogP contribution in [-0.4, -0.2) is 36.7 Å². The Kier molecular flexibility index (Phi) is 5.87. The number of anilines is 2. The van der Waals surface area contributed by atoms with Crippen molar-refractivity contribution < 1.29 is 23.5 Å². The summed E-state index contributed by atoms with van der Waals surface area (Å²) in [5.41, 5.74) is 3.14. The van der Waals surface area contributed by atoms with Crippen LogP contribution in [0.2, 0.25) is 0 Å². The maximum Gasteiger partial charge on any atom is 0.238 e. The minimum absolute atomic E-state index is 0.235. The van der Waals surface area contributed by atoms with E-state index in [1.54, 1.807) is 31.4 Å². The molecule has 6 nitrogen and oxygen atoms in total. The zero-order valence-electron chi connectivity index (χ0n) is 23.0. The van der Waals surface area contributed by atoms with E-state index in [0.29, 0.717) is 22.6 Å². The van der Waals surface area contributed by atoms with E-state index in [0.717, 1.165) is 16.8 Å². The lowest BCUT2D eigenvalue weighted by Gasteiger charge is -2.39. The fraction of sp³-hybridized carbons (Fsp3) is 0.171. The molecule has 3 aliphatic rings. The van der Waals surface area contributed by atoms with Crippen LogP contribution in [-0.2, 0) is 10.2 Å². The van der Waals surface area contributed by atoms with E-state index in [1.165, 1.54) is 24.3 Å². The largest absolute Gasteiger partial charge is 0.497 e.